The fourth-order valence-electron chi connectivity index (χ4n) is 2.89. The van der Waals surface area contributed by atoms with Crippen molar-refractivity contribution in [2.75, 3.05) is 0 Å². The summed E-state index contributed by atoms with van der Waals surface area (Å²) in [4.78, 5) is 26.2. The van der Waals surface area contributed by atoms with Crippen LogP contribution in [0, 0.1) is 0 Å². The molecule has 2 aromatic rings. The molecule has 3 rings (SSSR count). The SMILES string of the molecule is C=C1C[C@@](C)(c2cc(CC(=O)c3ccc(OC(F)F)cn3)ccn2)N=C(N)S1. The third-order valence-corrected chi connectivity index (χ3v) is 4.87. The number of thioether (sulfide) groups is 1. The van der Waals surface area contributed by atoms with Crippen LogP contribution in [-0.4, -0.2) is 27.5 Å². The van der Waals surface area contributed by atoms with Crippen molar-refractivity contribution < 1.29 is 18.3 Å². The van der Waals surface area contributed by atoms with Crippen molar-refractivity contribution in [3.8, 4) is 5.75 Å². The predicted molar refractivity (Wildman–Crippen MR) is 103 cm³/mol. The Balaban J connectivity index is 1.77. The first-order chi connectivity index (χ1) is 13.2. The number of aliphatic imine (C=N–C) groups is 1. The number of pyridine rings is 2. The number of alkyl halides is 2. The van der Waals surface area contributed by atoms with Gasteiger partial charge in [0.05, 0.1) is 11.9 Å². The number of carbonyl (C=O) groups excluding carboxylic acids is 1. The summed E-state index contributed by atoms with van der Waals surface area (Å²) < 4.78 is 28.6. The molecule has 0 bridgehead atoms. The van der Waals surface area contributed by atoms with E-state index in [0.717, 1.165) is 16.7 Å². The monoisotopic (exact) mass is 404 g/mol. The summed E-state index contributed by atoms with van der Waals surface area (Å²) in [6.45, 7) is 2.96. The van der Waals surface area contributed by atoms with Crippen LogP contribution in [0.2, 0.25) is 0 Å². The lowest BCUT2D eigenvalue weighted by molar-refractivity contribution is -0.0500. The van der Waals surface area contributed by atoms with Gasteiger partial charge in [0, 0.05) is 19.0 Å². The third-order valence-electron chi connectivity index (χ3n) is 4.14. The van der Waals surface area contributed by atoms with E-state index < -0.39 is 12.2 Å². The molecule has 0 aliphatic carbocycles. The Morgan fingerprint density at radius 1 is 1.39 bits per heavy atom. The van der Waals surface area contributed by atoms with Crippen LogP contribution in [0.1, 0.15) is 35.1 Å². The fraction of sp³-hybridized carbons (Fsp3) is 0.263. The van der Waals surface area contributed by atoms with Gasteiger partial charge in [-0.3, -0.25) is 9.78 Å². The topological polar surface area (TPSA) is 90.5 Å². The number of halogens is 2. The first kappa shape index (κ1) is 19.9. The van der Waals surface area contributed by atoms with Crippen molar-refractivity contribution in [2.24, 2.45) is 10.7 Å². The molecule has 3 heterocycles. The highest BCUT2D eigenvalue weighted by Crippen LogP contribution is 2.39. The zero-order valence-electron chi connectivity index (χ0n) is 15.1. The zero-order chi connectivity index (χ0) is 20.3. The minimum atomic E-state index is -2.94. The molecule has 1 atom stereocenters. The van der Waals surface area contributed by atoms with Gasteiger partial charge in [0.2, 0.25) is 0 Å². The van der Waals surface area contributed by atoms with Crippen molar-refractivity contribution in [1.82, 2.24) is 9.97 Å². The van der Waals surface area contributed by atoms with Crippen LogP contribution >= 0.6 is 11.8 Å². The van der Waals surface area contributed by atoms with E-state index in [9.17, 15) is 13.6 Å². The first-order valence-corrected chi connectivity index (χ1v) is 9.17. The molecule has 0 aromatic carbocycles. The lowest BCUT2D eigenvalue weighted by Crippen LogP contribution is -2.28. The van der Waals surface area contributed by atoms with Gasteiger partial charge in [0.1, 0.15) is 17.0 Å². The quantitative estimate of drug-likeness (QED) is 0.739. The number of ether oxygens (including phenoxy) is 1. The van der Waals surface area contributed by atoms with Gasteiger partial charge in [-0.05, 0) is 41.7 Å². The van der Waals surface area contributed by atoms with Crippen LogP contribution in [0.15, 0.2) is 53.1 Å². The number of aromatic nitrogens is 2. The molecular formula is C19H18F2N4O2S. The standard InChI is InChI=1S/C19H18F2N4O2S/c1-11-9-19(2,25-18(22)28-11)16-8-12(5-6-23-16)7-15(26)14-4-3-13(10-24-14)27-17(20)21/h3-6,8,10,17H,1,7,9H2,2H3,(H2,22,25)/t19-/m0/s1. The Morgan fingerprint density at radius 2 is 2.18 bits per heavy atom. The highest BCUT2D eigenvalue weighted by molar-refractivity contribution is 8.17. The molecule has 2 aromatic heterocycles. The van der Waals surface area contributed by atoms with E-state index in [2.05, 4.69) is 26.3 Å². The molecule has 1 aliphatic heterocycles. The van der Waals surface area contributed by atoms with Crippen molar-refractivity contribution in [3.63, 3.8) is 0 Å². The molecular weight excluding hydrogens is 386 g/mol. The van der Waals surface area contributed by atoms with Crippen molar-refractivity contribution >= 4 is 22.7 Å². The summed E-state index contributed by atoms with van der Waals surface area (Å²) >= 11 is 1.34. The maximum Gasteiger partial charge on any atom is 0.387 e. The normalized spacial score (nSPS) is 19.4. The Labute approximate surface area is 164 Å². The van der Waals surface area contributed by atoms with Crippen molar-refractivity contribution in [1.29, 1.82) is 0 Å². The molecule has 6 nitrogen and oxygen atoms in total. The van der Waals surface area contributed by atoms with E-state index >= 15 is 0 Å². The van der Waals surface area contributed by atoms with Crippen molar-refractivity contribution in [3.05, 3.63) is 65.1 Å². The number of amidine groups is 1. The van der Waals surface area contributed by atoms with Crippen LogP contribution in [-0.2, 0) is 12.0 Å². The first-order valence-electron chi connectivity index (χ1n) is 8.35. The van der Waals surface area contributed by atoms with E-state index in [4.69, 9.17) is 5.73 Å². The average Bonchev–Trinajstić information content (AvgIpc) is 2.61. The van der Waals surface area contributed by atoms with Gasteiger partial charge in [-0.15, -0.1) is 0 Å². The number of Topliss-reactive ketones (excluding diaryl/α,β-unsaturated/α-hetero) is 1. The van der Waals surface area contributed by atoms with E-state index in [1.165, 1.54) is 23.9 Å². The molecule has 0 spiro atoms. The zero-order valence-corrected chi connectivity index (χ0v) is 15.9. The molecule has 2 N–H and O–H groups in total. The smallest absolute Gasteiger partial charge is 0.387 e. The summed E-state index contributed by atoms with van der Waals surface area (Å²) in [5, 5.41) is 0.428. The second kappa shape index (κ2) is 8.05. The lowest BCUT2D eigenvalue weighted by atomic mass is 9.92. The van der Waals surface area contributed by atoms with Crippen LogP contribution < -0.4 is 10.5 Å². The van der Waals surface area contributed by atoms with Gasteiger partial charge in [-0.25, -0.2) is 9.98 Å². The number of rotatable bonds is 6. The summed E-state index contributed by atoms with van der Waals surface area (Å²) in [6.07, 6.45) is 3.39. The van der Waals surface area contributed by atoms with E-state index in [0.29, 0.717) is 17.3 Å². The maximum absolute atomic E-state index is 12.5. The van der Waals surface area contributed by atoms with E-state index in [1.54, 1.807) is 12.3 Å². The van der Waals surface area contributed by atoms with E-state index in [-0.39, 0.29) is 23.6 Å². The Kier molecular flexibility index (Phi) is 5.73. The summed E-state index contributed by atoms with van der Waals surface area (Å²) in [5.41, 5.74) is 6.83. The van der Waals surface area contributed by atoms with Gasteiger partial charge >= 0.3 is 6.61 Å². The van der Waals surface area contributed by atoms with E-state index in [1.807, 2.05) is 13.0 Å². The van der Waals surface area contributed by atoms with Gasteiger partial charge in [0.25, 0.3) is 0 Å². The highest BCUT2D eigenvalue weighted by Gasteiger charge is 2.32. The number of hydrogen-bond donors (Lipinski definition) is 1. The molecule has 0 saturated heterocycles. The molecule has 0 unspecified atom stereocenters. The van der Waals surface area contributed by atoms with Gasteiger partial charge in [-0.2, -0.15) is 8.78 Å². The molecule has 1 aliphatic rings. The summed E-state index contributed by atoms with van der Waals surface area (Å²) in [5.74, 6) is -0.353. The van der Waals surface area contributed by atoms with Crippen LogP contribution in [0.5, 0.6) is 5.75 Å². The molecule has 0 amide bonds. The highest BCUT2D eigenvalue weighted by atomic mass is 32.2. The van der Waals surface area contributed by atoms with Crippen molar-refractivity contribution in [2.45, 2.75) is 31.9 Å². The molecule has 146 valence electrons. The largest absolute Gasteiger partial charge is 0.433 e. The number of hydrogen-bond acceptors (Lipinski definition) is 7. The molecule has 0 saturated carbocycles. The predicted octanol–water partition coefficient (Wildman–Crippen LogP) is 3.68. The van der Waals surface area contributed by atoms with Gasteiger partial charge in [0.15, 0.2) is 11.0 Å². The second-order valence-electron chi connectivity index (χ2n) is 6.45. The fourth-order valence-corrected chi connectivity index (χ4v) is 3.79. The molecule has 0 fully saturated rings. The average molecular weight is 404 g/mol. The number of ketones is 1. The van der Waals surface area contributed by atoms with Crippen LogP contribution in [0.25, 0.3) is 0 Å². The van der Waals surface area contributed by atoms with Crippen LogP contribution in [0.3, 0.4) is 0 Å². The number of nitrogens with zero attached hydrogens (tertiary/aromatic N) is 3. The second-order valence-corrected chi connectivity index (χ2v) is 7.65. The molecule has 9 heteroatoms. The third kappa shape index (κ3) is 4.72. The van der Waals surface area contributed by atoms with Gasteiger partial charge in [-0.1, -0.05) is 18.3 Å². The molecule has 0 radical (unpaired) electrons. The molecule has 28 heavy (non-hydrogen) atoms. The maximum atomic E-state index is 12.5. The number of carbonyl (C=O) groups is 1. The lowest BCUT2D eigenvalue weighted by Gasteiger charge is -2.30. The minimum absolute atomic E-state index is 0.0859. The summed E-state index contributed by atoms with van der Waals surface area (Å²) in [6, 6.07) is 6.19. The minimum Gasteiger partial charge on any atom is -0.433 e. The van der Waals surface area contributed by atoms with Gasteiger partial charge < -0.3 is 10.5 Å². The Morgan fingerprint density at radius 3 is 2.82 bits per heavy atom. The number of nitrogens with two attached hydrogens (primary N) is 1. The Hall–Kier alpha value is -2.81. The Bertz CT molecular complexity index is 934. The summed E-state index contributed by atoms with van der Waals surface area (Å²) in [7, 11) is 0. The van der Waals surface area contributed by atoms with Crippen LogP contribution in [0.4, 0.5) is 8.78 Å².